The summed E-state index contributed by atoms with van der Waals surface area (Å²) in [5.74, 6) is 0.134. The molecule has 7 heteroatoms. The smallest absolute Gasteiger partial charge is 0.253 e. The van der Waals surface area contributed by atoms with Crippen molar-refractivity contribution in [3.05, 3.63) is 22.4 Å². The Morgan fingerprint density at radius 2 is 2.15 bits per heavy atom. The number of rotatable bonds is 6. The Labute approximate surface area is 163 Å². The van der Waals surface area contributed by atoms with Crippen LogP contribution in [0.15, 0.2) is 16.8 Å². The molecule has 27 heavy (non-hydrogen) atoms. The molecule has 1 aromatic heterocycles. The van der Waals surface area contributed by atoms with E-state index in [-0.39, 0.29) is 24.4 Å². The highest BCUT2D eigenvalue weighted by Crippen LogP contribution is 2.37. The Kier molecular flexibility index (Phi) is 5.43. The van der Waals surface area contributed by atoms with Crippen LogP contribution in [0.2, 0.25) is 0 Å². The molecule has 1 saturated carbocycles. The average molecular weight is 391 g/mol. The van der Waals surface area contributed by atoms with E-state index in [0.29, 0.717) is 30.9 Å². The average Bonchev–Trinajstić information content (AvgIpc) is 3.42. The van der Waals surface area contributed by atoms with Crippen molar-refractivity contribution < 1.29 is 19.1 Å². The molecule has 3 heterocycles. The number of ether oxygens (including phenoxy) is 1. The fourth-order valence-corrected chi connectivity index (χ4v) is 5.56. The predicted molar refractivity (Wildman–Crippen MR) is 102 cm³/mol. The minimum absolute atomic E-state index is 0.0113. The maximum Gasteiger partial charge on any atom is 0.253 e. The Morgan fingerprint density at radius 3 is 2.85 bits per heavy atom. The van der Waals surface area contributed by atoms with Gasteiger partial charge in [0, 0.05) is 11.9 Å². The van der Waals surface area contributed by atoms with E-state index in [4.69, 9.17) is 4.74 Å². The number of nitrogens with zero attached hydrogens (tertiary/aromatic N) is 1. The van der Waals surface area contributed by atoms with E-state index < -0.39 is 11.7 Å². The fraction of sp³-hybridized carbons (Fsp3) is 0.650. The zero-order valence-electron chi connectivity index (χ0n) is 15.4. The fourth-order valence-electron chi connectivity index (χ4n) is 4.92. The molecule has 146 valence electrons. The first kappa shape index (κ1) is 18.8. The number of carbonyl (C=O) groups is 3. The molecule has 1 aromatic rings. The quantitative estimate of drug-likeness (QED) is 0.755. The van der Waals surface area contributed by atoms with Crippen molar-refractivity contribution in [2.24, 2.45) is 5.92 Å². The predicted octanol–water partition coefficient (Wildman–Crippen LogP) is 2.39. The van der Waals surface area contributed by atoms with Crippen molar-refractivity contribution in [1.29, 1.82) is 0 Å². The number of hydrogen-bond acceptors (Lipinski definition) is 6. The first-order valence-electron chi connectivity index (χ1n) is 9.85. The van der Waals surface area contributed by atoms with Crippen LogP contribution < -0.4 is 5.32 Å². The van der Waals surface area contributed by atoms with Gasteiger partial charge in [0.25, 0.3) is 5.91 Å². The Balaban J connectivity index is 1.63. The molecule has 3 atom stereocenters. The van der Waals surface area contributed by atoms with Crippen molar-refractivity contribution in [3.63, 3.8) is 0 Å². The van der Waals surface area contributed by atoms with Crippen molar-refractivity contribution >= 4 is 29.3 Å². The molecule has 3 unspecified atom stereocenters. The normalized spacial score (nSPS) is 28.7. The largest absolute Gasteiger partial charge is 0.368 e. The van der Waals surface area contributed by atoms with Crippen LogP contribution in [0.1, 0.15) is 55.3 Å². The van der Waals surface area contributed by atoms with Crippen molar-refractivity contribution in [2.75, 3.05) is 13.2 Å². The summed E-state index contributed by atoms with van der Waals surface area (Å²) in [6.07, 6.45) is 7.65. The molecule has 0 radical (unpaired) electrons. The second kappa shape index (κ2) is 7.81. The molecule has 2 saturated heterocycles. The minimum atomic E-state index is -1.15. The molecular weight excluding hydrogens is 364 g/mol. The molecule has 2 aliphatic heterocycles. The summed E-state index contributed by atoms with van der Waals surface area (Å²) in [4.78, 5) is 39.7. The number of Topliss-reactive ketones (excluding diaryl/α,β-unsaturated/α-hetero) is 1. The number of amides is 1. The van der Waals surface area contributed by atoms with Gasteiger partial charge in [0.05, 0.1) is 17.7 Å². The third-order valence-electron chi connectivity index (χ3n) is 6.26. The third-order valence-corrected chi connectivity index (χ3v) is 6.94. The van der Waals surface area contributed by atoms with Gasteiger partial charge in [-0.2, -0.15) is 11.3 Å². The molecule has 1 N–H and O–H groups in total. The van der Waals surface area contributed by atoms with E-state index in [2.05, 4.69) is 5.32 Å². The van der Waals surface area contributed by atoms with E-state index in [0.717, 1.165) is 32.0 Å². The second-order valence-electron chi connectivity index (χ2n) is 7.96. The van der Waals surface area contributed by atoms with Gasteiger partial charge in [-0.3, -0.25) is 19.3 Å². The lowest BCUT2D eigenvalue weighted by Gasteiger charge is -2.43. The highest BCUT2D eigenvalue weighted by molar-refractivity contribution is 7.08. The van der Waals surface area contributed by atoms with Crippen LogP contribution in [0.3, 0.4) is 0 Å². The number of likely N-dealkylation sites (tertiary alicyclic amines) is 1. The van der Waals surface area contributed by atoms with Crippen LogP contribution in [0.25, 0.3) is 0 Å². The van der Waals surface area contributed by atoms with Gasteiger partial charge in [0.15, 0.2) is 17.7 Å². The van der Waals surface area contributed by atoms with Gasteiger partial charge in [0.2, 0.25) is 0 Å². The third kappa shape index (κ3) is 3.60. The number of hydrogen-bond donors (Lipinski definition) is 1. The molecule has 3 aliphatic rings. The summed E-state index contributed by atoms with van der Waals surface area (Å²) in [6, 6.07) is 1.33. The number of fused-ring (bicyclic) bond motifs is 1. The highest BCUT2D eigenvalue weighted by atomic mass is 32.1. The number of nitrogens with one attached hydrogen (secondary N) is 1. The lowest BCUT2D eigenvalue weighted by molar-refractivity contribution is -0.129. The van der Waals surface area contributed by atoms with Gasteiger partial charge in [-0.25, -0.2) is 0 Å². The summed E-state index contributed by atoms with van der Waals surface area (Å²) in [7, 11) is 0. The molecule has 4 rings (SSSR count). The van der Waals surface area contributed by atoms with E-state index >= 15 is 0 Å². The minimum Gasteiger partial charge on any atom is -0.368 e. The van der Waals surface area contributed by atoms with Gasteiger partial charge in [0.1, 0.15) is 6.61 Å². The number of aldehydes is 1. The molecule has 6 nitrogen and oxygen atoms in total. The summed E-state index contributed by atoms with van der Waals surface area (Å²) < 4.78 is 5.61. The molecule has 0 spiro atoms. The van der Waals surface area contributed by atoms with Gasteiger partial charge in [-0.15, -0.1) is 0 Å². The first-order chi connectivity index (χ1) is 13.1. The lowest BCUT2D eigenvalue weighted by atomic mass is 9.82. The van der Waals surface area contributed by atoms with Gasteiger partial charge in [-0.1, -0.05) is 32.1 Å². The van der Waals surface area contributed by atoms with E-state index in [1.165, 1.54) is 17.8 Å². The van der Waals surface area contributed by atoms with Crippen LogP contribution in [0, 0.1) is 5.92 Å². The number of carbonyl (C=O) groups excluding carboxylic acids is 3. The van der Waals surface area contributed by atoms with Crippen molar-refractivity contribution in [1.82, 2.24) is 10.2 Å². The van der Waals surface area contributed by atoms with Gasteiger partial charge in [-0.05, 0) is 30.2 Å². The van der Waals surface area contributed by atoms with Crippen LogP contribution in [-0.2, 0) is 14.3 Å². The first-order valence-corrected chi connectivity index (χ1v) is 10.8. The SMILES string of the molecule is O=CC(CC1CCCCC1)(NC(=O)c1ccsc1)N1CCC2OCC(=O)C21. The van der Waals surface area contributed by atoms with Crippen LogP contribution >= 0.6 is 11.3 Å². The summed E-state index contributed by atoms with van der Waals surface area (Å²) in [5, 5.41) is 6.65. The van der Waals surface area contributed by atoms with Crippen LogP contribution in [-0.4, -0.2) is 53.8 Å². The molecule has 1 amide bonds. The topological polar surface area (TPSA) is 75.7 Å². The maximum absolute atomic E-state index is 12.8. The Hall–Kier alpha value is -1.57. The molecule has 1 aliphatic carbocycles. The van der Waals surface area contributed by atoms with Crippen LogP contribution in [0.5, 0.6) is 0 Å². The zero-order chi connectivity index (χ0) is 18.9. The lowest BCUT2D eigenvalue weighted by Crippen LogP contribution is -2.65. The molecule has 0 aromatic carbocycles. The molecule has 0 bridgehead atoms. The monoisotopic (exact) mass is 390 g/mol. The van der Waals surface area contributed by atoms with Crippen LogP contribution in [0.4, 0.5) is 0 Å². The maximum atomic E-state index is 12.8. The summed E-state index contributed by atoms with van der Waals surface area (Å²) in [6.45, 7) is 0.680. The Morgan fingerprint density at radius 1 is 1.33 bits per heavy atom. The van der Waals surface area contributed by atoms with Crippen molar-refractivity contribution in [3.8, 4) is 0 Å². The van der Waals surface area contributed by atoms with Crippen molar-refractivity contribution in [2.45, 2.75) is 62.8 Å². The van der Waals surface area contributed by atoms with E-state index in [1.807, 2.05) is 10.3 Å². The summed E-state index contributed by atoms with van der Waals surface area (Å²) >= 11 is 1.45. The molecular formula is C20H26N2O4S. The molecule has 3 fully saturated rings. The van der Waals surface area contributed by atoms with E-state index in [1.54, 1.807) is 11.4 Å². The number of thiophene rings is 1. The number of ketones is 1. The van der Waals surface area contributed by atoms with E-state index in [9.17, 15) is 14.4 Å². The Bertz CT molecular complexity index is 701. The highest BCUT2D eigenvalue weighted by Gasteiger charge is 2.54. The van der Waals surface area contributed by atoms with Gasteiger partial charge < -0.3 is 10.1 Å². The standard InChI is InChI=1S/C20H26N2O4S/c23-13-20(10-14-4-2-1-3-5-14,21-19(25)15-7-9-27-12-15)22-8-6-17-18(22)16(24)11-26-17/h7,9,12-14,17-18H,1-6,8,10-11H2,(H,21,25). The zero-order valence-corrected chi connectivity index (χ0v) is 16.2. The summed E-state index contributed by atoms with van der Waals surface area (Å²) in [5.41, 5.74) is -0.594. The van der Waals surface area contributed by atoms with Gasteiger partial charge >= 0.3 is 0 Å². The second-order valence-corrected chi connectivity index (χ2v) is 8.74.